The second kappa shape index (κ2) is 8.66. The number of rotatable bonds is 7. The lowest BCUT2D eigenvalue weighted by Crippen LogP contribution is -2.38. The van der Waals surface area contributed by atoms with E-state index in [0.717, 1.165) is 5.56 Å². The zero-order chi connectivity index (χ0) is 17.5. The van der Waals surface area contributed by atoms with E-state index in [4.69, 9.17) is 16.3 Å². The van der Waals surface area contributed by atoms with E-state index in [1.54, 1.807) is 37.6 Å². The second-order valence-electron chi connectivity index (χ2n) is 5.55. The van der Waals surface area contributed by atoms with Gasteiger partial charge in [-0.15, -0.1) is 0 Å². The molecule has 1 aromatic heterocycles. The average Bonchev–Trinajstić information content (AvgIpc) is 2.56. The van der Waals surface area contributed by atoms with Crippen molar-refractivity contribution in [3.63, 3.8) is 0 Å². The van der Waals surface area contributed by atoms with Gasteiger partial charge in [-0.2, -0.15) is 0 Å². The number of carbonyl (C=O) groups is 1. The van der Waals surface area contributed by atoms with Gasteiger partial charge in [-0.05, 0) is 30.7 Å². The standard InChI is InChI=1S/C18H21ClN2O3/c1-13(18(24-2)14-6-8-15(19)9-7-14)20-16(22)10-12-21-11-4-3-5-17(21)23/h3-9,11,13,18H,10,12H2,1-2H3,(H,20,22)/t13-,18-/m1/s1. The molecule has 1 heterocycles. The summed E-state index contributed by atoms with van der Waals surface area (Å²) in [5.41, 5.74) is 0.822. The number of hydrogen-bond acceptors (Lipinski definition) is 3. The molecule has 1 N–H and O–H groups in total. The number of ether oxygens (including phenoxy) is 1. The van der Waals surface area contributed by atoms with Gasteiger partial charge in [-0.3, -0.25) is 9.59 Å². The van der Waals surface area contributed by atoms with Crippen LogP contribution in [0.1, 0.15) is 25.0 Å². The van der Waals surface area contributed by atoms with Gasteiger partial charge in [0, 0.05) is 37.4 Å². The lowest BCUT2D eigenvalue weighted by molar-refractivity contribution is -0.122. The van der Waals surface area contributed by atoms with Gasteiger partial charge < -0.3 is 14.6 Å². The number of aromatic nitrogens is 1. The van der Waals surface area contributed by atoms with E-state index in [1.807, 2.05) is 19.1 Å². The van der Waals surface area contributed by atoms with Crippen LogP contribution in [0.3, 0.4) is 0 Å². The molecular weight excluding hydrogens is 328 g/mol. The van der Waals surface area contributed by atoms with Crippen LogP contribution in [0.5, 0.6) is 0 Å². The lowest BCUT2D eigenvalue weighted by atomic mass is 10.0. The van der Waals surface area contributed by atoms with Crippen LogP contribution in [0.2, 0.25) is 5.02 Å². The fraction of sp³-hybridized carbons (Fsp3) is 0.333. The largest absolute Gasteiger partial charge is 0.375 e. The molecular formula is C18H21ClN2O3. The van der Waals surface area contributed by atoms with Crippen LogP contribution in [-0.2, 0) is 16.1 Å². The fourth-order valence-corrected chi connectivity index (χ4v) is 2.68. The summed E-state index contributed by atoms with van der Waals surface area (Å²) in [6, 6.07) is 12.0. The molecule has 0 aliphatic rings. The normalized spacial score (nSPS) is 13.3. The van der Waals surface area contributed by atoms with Crippen LogP contribution < -0.4 is 10.9 Å². The Bertz CT molecular complexity index is 728. The SMILES string of the molecule is CO[C@@H](c1ccc(Cl)cc1)[C@@H](C)NC(=O)CCn1ccccc1=O. The molecule has 0 radical (unpaired) electrons. The van der Waals surface area contributed by atoms with Crippen LogP contribution in [0.25, 0.3) is 0 Å². The van der Waals surface area contributed by atoms with Crippen molar-refractivity contribution >= 4 is 17.5 Å². The van der Waals surface area contributed by atoms with Gasteiger partial charge in [0.15, 0.2) is 0 Å². The molecule has 0 aliphatic heterocycles. The third-order valence-corrected chi connectivity index (χ3v) is 4.03. The highest BCUT2D eigenvalue weighted by Crippen LogP contribution is 2.22. The molecule has 1 amide bonds. The maximum Gasteiger partial charge on any atom is 0.250 e. The molecule has 0 saturated heterocycles. The molecule has 6 heteroatoms. The molecule has 24 heavy (non-hydrogen) atoms. The number of halogens is 1. The average molecular weight is 349 g/mol. The number of nitrogens with one attached hydrogen (secondary N) is 1. The number of benzene rings is 1. The highest BCUT2D eigenvalue weighted by atomic mass is 35.5. The quantitative estimate of drug-likeness (QED) is 0.837. The maximum atomic E-state index is 12.1. The summed E-state index contributed by atoms with van der Waals surface area (Å²) >= 11 is 5.90. The van der Waals surface area contributed by atoms with E-state index in [9.17, 15) is 9.59 Å². The molecule has 2 atom stereocenters. The number of nitrogens with zero attached hydrogens (tertiary/aromatic N) is 1. The molecule has 0 saturated carbocycles. The number of amides is 1. The molecule has 2 rings (SSSR count). The first kappa shape index (κ1) is 18.2. The van der Waals surface area contributed by atoms with Crippen LogP contribution in [0.15, 0.2) is 53.5 Å². The van der Waals surface area contributed by atoms with E-state index in [2.05, 4.69) is 5.32 Å². The number of hydrogen-bond donors (Lipinski definition) is 1. The number of carbonyl (C=O) groups excluding carboxylic acids is 1. The van der Waals surface area contributed by atoms with Crippen LogP contribution in [0.4, 0.5) is 0 Å². The highest BCUT2D eigenvalue weighted by molar-refractivity contribution is 6.30. The van der Waals surface area contributed by atoms with Crippen molar-refractivity contribution in [1.82, 2.24) is 9.88 Å². The summed E-state index contributed by atoms with van der Waals surface area (Å²) in [5.74, 6) is -0.130. The fourth-order valence-electron chi connectivity index (χ4n) is 2.55. The molecule has 0 aliphatic carbocycles. The monoisotopic (exact) mass is 348 g/mol. The number of methoxy groups -OCH3 is 1. The minimum atomic E-state index is -0.273. The van der Waals surface area contributed by atoms with Crippen molar-refractivity contribution in [2.24, 2.45) is 0 Å². The Balaban J connectivity index is 1.93. The van der Waals surface area contributed by atoms with E-state index in [-0.39, 0.29) is 30.0 Å². The van der Waals surface area contributed by atoms with Crippen molar-refractivity contribution in [2.75, 3.05) is 7.11 Å². The maximum absolute atomic E-state index is 12.1. The Hall–Kier alpha value is -2.11. The van der Waals surface area contributed by atoms with E-state index in [1.165, 1.54) is 10.6 Å². The molecule has 1 aromatic carbocycles. The van der Waals surface area contributed by atoms with Crippen molar-refractivity contribution in [3.8, 4) is 0 Å². The zero-order valence-corrected chi connectivity index (χ0v) is 14.5. The van der Waals surface area contributed by atoms with Crippen LogP contribution in [-0.4, -0.2) is 23.6 Å². The van der Waals surface area contributed by atoms with E-state index in [0.29, 0.717) is 11.6 Å². The first-order valence-electron chi connectivity index (χ1n) is 7.74. The molecule has 0 bridgehead atoms. The van der Waals surface area contributed by atoms with Gasteiger partial charge in [-0.1, -0.05) is 29.8 Å². The molecule has 0 fully saturated rings. The Morgan fingerprint density at radius 1 is 1.25 bits per heavy atom. The van der Waals surface area contributed by atoms with Gasteiger partial charge >= 0.3 is 0 Å². The topological polar surface area (TPSA) is 60.3 Å². The Labute approximate surface area is 146 Å². The van der Waals surface area contributed by atoms with E-state index < -0.39 is 0 Å². The predicted molar refractivity (Wildman–Crippen MR) is 94.1 cm³/mol. The van der Waals surface area contributed by atoms with Gasteiger partial charge in [0.2, 0.25) is 5.91 Å². The lowest BCUT2D eigenvalue weighted by Gasteiger charge is -2.24. The molecule has 128 valence electrons. The molecule has 0 spiro atoms. The van der Waals surface area contributed by atoms with Crippen molar-refractivity contribution < 1.29 is 9.53 Å². The Morgan fingerprint density at radius 3 is 2.58 bits per heavy atom. The van der Waals surface area contributed by atoms with Gasteiger partial charge in [-0.25, -0.2) is 0 Å². The summed E-state index contributed by atoms with van der Waals surface area (Å²) in [6.07, 6.45) is 1.63. The van der Waals surface area contributed by atoms with Crippen molar-refractivity contribution in [1.29, 1.82) is 0 Å². The van der Waals surface area contributed by atoms with Crippen molar-refractivity contribution in [3.05, 3.63) is 69.6 Å². The minimum absolute atomic E-state index is 0.116. The number of aryl methyl sites for hydroxylation is 1. The predicted octanol–water partition coefficient (Wildman–Crippen LogP) is 2.78. The van der Waals surface area contributed by atoms with Crippen LogP contribution in [0, 0.1) is 0 Å². The van der Waals surface area contributed by atoms with Gasteiger partial charge in [0.1, 0.15) is 6.10 Å². The summed E-state index contributed by atoms with van der Waals surface area (Å²) in [7, 11) is 1.60. The summed E-state index contributed by atoms with van der Waals surface area (Å²) < 4.78 is 7.02. The molecule has 0 unspecified atom stereocenters. The second-order valence-corrected chi connectivity index (χ2v) is 5.98. The van der Waals surface area contributed by atoms with E-state index >= 15 is 0 Å². The van der Waals surface area contributed by atoms with Gasteiger partial charge in [0.25, 0.3) is 5.56 Å². The molecule has 5 nitrogen and oxygen atoms in total. The van der Waals surface area contributed by atoms with Gasteiger partial charge in [0.05, 0.1) is 6.04 Å². The summed E-state index contributed by atoms with van der Waals surface area (Å²) in [5, 5.41) is 3.57. The summed E-state index contributed by atoms with van der Waals surface area (Å²) in [4.78, 5) is 23.8. The first-order valence-corrected chi connectivity index (χ1v) is 8.12. The third kappa shape index (κ3) is 4.94. The van der Waals surface area contributed by atoms with Crippen LogP contribution >= 0.6 is 11.6 Å². The highest BCUT2D eigenvalue weighted by Gasteiger charge is 2.20. The Kier molecular flexibility index (Phi) is 6.58. The first-order chi connectivity index (χ1) is 11.5. The third-order valence-electron chi connectivity index (χ3n) is 3.77. The zero-order valence-electron chi connectivity index (χ0n) is 13.7. The Morgan fingerprint density at radius 2 is 1.96 bits per heavy atom. The number of pyridine rings is 1. The van der Waals surface area contributed by atoms with Crippen molar-refractivity contribution in [2.45, 2.75) is 32.0 Å². The minimum Gasteiger partial charge on any atom is -0.375 e. The molecule has 2 aromatic rings. The summed E-state index contributed by atoms with van der Waals surface area (Å²) in [6.45, 7) is 2.23. The smallest absolute Gasteiger partial charge is 0.250 e.